The Morgan fingerprint density at radius 1 is 0.333 bits per heavy atom. The van der Waals surface area contributed by atoms with Crippen LogP contribution < -0.4 is 0 Å². The van der Waals surface area contributed by atoms with Crippen molar-refractivity contribution in [2.75, 3.05) is 0 Å². The summed E-state index contributed by atoms with van der Waals surface area (Å²) in [5.74, 6) is 0. The zero-order chi connectivity index (χ0) is 2.00. The minimum atomic E-state index is 0. The standard InChI is InChI=1S/C2H5.CH3.12Y/c1-2;;;;;;;;;;;;;/h1H2,2H3;1H3;;;;;;;;;;;;/q2*-1;;;;;;;;;;;;. The van der Waals surface area contributed by atoms with Crippen LogP contribution in [0, 0.1) is 14.4 Å². The van der Waals surface area contributed by atoms with E-state index >= 15 is 0 Å². The van der Waals surface area contributed by atoms with Gasteiger partial charge in [-0.3, -0.25) is 0 Å². The van der Waals surface area contributed by atoms with Gasteiger partial charge in [0, 0.05) is 393 Å². The largest absolute Gasteiger partial charge is 0.358 e. The summed E-state index contributed by atoms with van der Waals surface area (Å²) in [5, 5.41) is 0. The van der Waals surface area contributed by atoms with E-state index in [4.69, 9.17) is 0 Å². The molecular formula is C3H8Y12-2. The van der Waals surface area contributed by atoms with Gasteiger partial charge in [0.15, 0.2) is 0 Å². The van der Waals surface area contributed by atoms with Crippen molar-refractivity contribution in [2.45, 2.75) is 6.92 Å². The molecule has 0 saturated heterocycles. The second-order valence-corrected chi connectivity index (χ2v) is 0. The molecule has 58 valence electrons. The monoisotopic (exact) mass is 1110 g/mol. The fraction of sp³-hybridized carbons (Fsp3) is 0.333. The first-order chi connectivity index (χ1) is 1.00. The summed E-state index contributed by atoms with van der Waals surface area (Å²) in [4.78, 5) is 0. The first kappa shape index (κ1) is 103. The Hall–Kier alpha value is 13.2. The Morgan fingerprint density at radius 3 is 0.333 bits per heavy atom. The van der Waals surface area contributed by atoms with E-state index in [-0.39, 0.29) is 400 Å². The van der Waals surface area contributed by atoms with E-state index in [0.717, 1.165) is 0 Å². The Morgan fingerprint density at radius 2 is 0.333 bits per heavy atom. The molecule has 0 aliphatic heterocycles. The van der Waals surface area contributed by atoms with Crippen molar-refractivity contribution in [1.82, 2.24) is 0 Å². The van der Waals surface area contributed by atoms with Gasteiger partial charge in [0.2, 0.25) is 0 Å². The van der Waals surface area contributed by atoms with Crippen LogP contribution in [0.1, 0.15) is 6.92 Å². The summed E-state index contributed by atoms with van der Waals surface area (Å²) < 4.78 is 0. The summed E-state index contributed by atoms with van der Waals surface area (Å²) in [5.41, 5.74) is 0. The Kier molecular flexibility index (Phi) is 737. The molecule has 0 aromatic rings. The topological polar surface area (TPSA) is 0 Å². The van der Waals surface area contributed by atoms with Crippen LogP contribution in [-0.2, 0) is 393 Å². The Bertz CT molecular complexity index is 10.8. The molecule has 0 aliphatic rings. The zero-order valence-electron chi connectivity index (χ0n) is 9.64. The van der Waals surface area contributed by atoms with E-state index in [1.807, 2.05) is 0 Å². The van der Waals surface area contributed by atoms with Crippen LogP contribution in [0.25, 0.3) is 0 Å². The Balaban J connectivity index is -0.0000000000641. The molecule has 0 spiro atoms. The summed E-state index contributed by atoms with van der Waals surface area (Å²) in [6.45, 7) is 5.00. The van der Waals surface area contributed by atoms with Crippen LogP contribution >= 0.6 is 0 Å². The first-order valence-electron chi connectivity index (χ1n) is 0.707. The minimum absolute atomic E-state index is 0. The molecule has 0 saturated carbocycles. The molecule has 15 heavy (non-hydrogen) atoms. The normalized spacial score (nSPS) is 0.400. The van der Waals surface area contributed by atoms with E-state index in [1.165, 1.54) is 0 Å². The van der Waals surface area contributed by atoms with Gasteiger partial charge in [0.25, 0.3) is 0 Å². The van der Waals surface area contributed by atoms with Gasteiger partial charge in [-0.25, -0.2) is 0 Å². The van der Waals surface area contributed by atoms with Crippen molar-refractivity contribution in [3.8, 4) is 0 Å². The third kappa shape index (κ3) is 99.0. The van der Waals surface area contributed by atoms with Gasteiger partial charge in [-0.15, -0.1) is 0 Å². The molecule has 0 aromatic heterocycles. The fourth-order valence-electron chi connectivity index (χ4n) is 0. The molecular weight excluding hydrogens is 1100 g/mol. The quantitative estimate of drug-likeness (QED) is 0.322. The van der Waals surface area contributed by atoms with E-state index in [1.54, 1.807) is 6.92 Å². The molecule has 0 unspecified atom stereocenters. The van der Waals surface area contributed by atoms with E-state index in [9.17, 15) is 0 Å². The summed E-state index contributed by atoms with van der Waals surface area (Å²) in [6.07, 6.45) is 0. The molecule has 0 N–H and O–H groups in total. The molecule has 0 nitrogen and oxygen atoms in total. The van der Waals surface area contributed by atoms with Crippen LogP contribution in [0.2, 0.25) is 0 Å². The maximum atomic E-state index is 3.25. The van der Waals surface area contributed by atoms with Gasteiger partial charge in [0.1, 0.15) is 0 Å². The molecule has 0 amide bonds. The maximum absolute atomic E-state index is 3.25. The molecule has 0 aliphatic carbocycles. The molecule has 0 fully saturated rings. The Labute approximate surface area is 399 Å². The van der Waals surface area contributed by atoms with Crippen LogP contribution in [0.3, 0.4) is 0 Å². The van der Waals surface area contributed by atoms with Gasteiger partial charge in [-0.2, -0.15) is 6.92 Å². The van der Waals surface area contributed by atoms with Gasteiger partial charge in [-0.05, 0) is 0 Å². The van der Waals surface area contributed by atoms with Gasteiger partial charge >= 0.3 is 0 Å². The van der Waals surface area contributed by atoms with Gasteiger partial charge < -0.3 is 14.4 Å². The van der Waals surface area contributed by atoms with Crippen LogP contribution in [0.5, 0.6) is 0 Å². The third-order valence-electron chi connectivity index (χ3n) is 0. The number of hydrogen-bond acceptors (Lipinski definition) is 0. The predicted octanol–water partition coefficient (Wildman–Crippen LogP) is 1.26. The van der Waals surface area contributed by atoms with E-state index in [2.05, 4.69) is 6.92 Å². The van der Waals surface area contributed by atoms with Crippen molar-refractivity contribution in [2.24, 2.45) is 0 Å². The number of rotatable bonds is 0. The summed E-state index contributed by atoms with van der Waals surface area (Å²) >= 11 is 0. The molecule has 0 rings (SSSR count). The van der Waals surface area contributed by atoms with Crippen molar-refractivity contribution in [3.63, 3.8) is 0 Å². The van der Waals surface area contributed by atoms with Crippen LogP contribution in [-0.4, -0.2) is 0 Å². The zero-order valence-corrected chi connectivity index (χ0v) is 43.7. The van der Waals surface area contributed by atoms with Crippen molar-refractivity contribution >= 4 is 0 Å². The molecule has 12 radical (unpaired) electrons. The third-order valence-corrected chi connectivity index (χ3v) is 0. The van der Waals surface area contributed by atoms with Crippen molar-refractivity contribution in [1.29, 1.82) is 0 Å². The smallest absolute Gasteiger partial charge is 0 e. The van der Waals surface area contributed by atoms with E-state index < -0.39 is 0 Å². The van der Waals surface area contributed by atoms with E-state index in [0.29, 0.717) is 0 Å². The van der Waals surface area contributed by atoms with Crippen LogP contribution in [0.15, 0.2) is 0 Å². The SMILES string of the molecule is [CH2-]C.[CH3-].[Y].[Y].[Y].[Y].[Y].[Y].[Y].[Y].[Y].[Y].[Y].[Y]. The second-order valence-electron chi connectivity index (χ2n) is 0. The maximum Gasteiger partial charge on any atom is 0 e. The summed E-state index contributed by atoms with van der Waals surface area (Å²) in [7, 11) is 0. The predicted molar refractivity (Wildman–Crippen MR) is 17.4 cm³/mol. The number of hydrogen-bond donors (Lipinski definition) is 0. The molecule has 0 atom stereocenters. The average Bonchev–Trinajstić information content (AvgIpc) is 1.00. The van der Waals surface area contributed by atoms with Crippen molar-refractivity contribution < 1.29 is 393 Å². The van der Waals surface area contributed by atoms with Crippen LogP contribution in [0.4, 0.5) is 0 Å². The van der Waals surface area contributed by atoms with Gasteiger partial charge in [0.05, 0.1) is 0 Å². The van der Waals surface area contributed by atoms with Crippen molar-refractivity contribution in [3.05, 3.63) is 14.4 Å². The molecule has 0 bridgehead atoms. The second kappa shape index (κ2) is 107. The molecule has 0 aromatic carbocycles. The average molecular weight is 1110 g/mol. The molecule has 12 heteroatoms. The summed E-state index contributed by atoms with van der Waals surface area (Å²) in [6, 6.07) is 0. The minimum Gasteiger partial charge on any atom is -0.358 e. The first-order valence-corrected chi connectivity index (χ1v) is 0.707. The molecule has 0 heterocycles. The fourth-order valence-corrected chi connectivity index (χ4v) is 0. The van der Waals surface area contributed by atoms with Gasteiger partial charge in [-0.1, -0.05) is 0 Å².